The number of nitrogens with zero attached hydrogens (tertiary/aromatic N) is 1. The van der Waals surface area contributed by atoms with Crippen LogP contribution in [0.15, 0.2) is 0 Å². The summed E-state index contributed by atoms with van der Waals surface area (Å²) in [7, 11) is 2.19. The van der Waals surface area contributed by atoms with Gasteiger partial charge in [-0.05, 0) is 25.8 Å². The average molecular weight is 242 g/mol. The highest BCUT2D eigenvalue weighted by Gasteiger charge is 2.23. The topological polar surface area (TPSA) is 24.5 Å². The fraction of sp³-hybridized carbons (Fsp3) is 1.00. The third kappa shape index (κ3) is 5.84. The molecule has 1 aliphatic heterocycles. The fourth-order valence-corrected chi connectivity index (χ4v) is 2.16. The second-order valence-corrected chi connectivity index (χ2v) is 5.98. The van der Waals surface area contributed by atoms with Crippen LogP contribution in [0.5, 0.6) is 0 Å². The van der Waals surface area contributed by atoms with Crippen molar-refractivity contribution in [2.45, 2.75) is 58.8 Å². The predicted molar refractivity (Wildman–Crippen MR) is 73.4 cm³/mol. The number of nitrogens with one attached hydrogen (secondary N) is 1. The van der Waals surface area contributed by atoms with Crippen LogP contribution in [0.25, 0.3) is 0 Å². The van der Waals surface area contributed by atoms with Crippen molar-refractivity contribution in [1.82, 2.24) is 10.2 Å². The minimum Gasteiger partial charge on any atom is -0.373 e. The van der Waals surface area contributed by atoms with Crippen LogP contribution in [0, 0.1) is 5.92 Å². The third-order valence-electron chi connectivity index (χ3n) is 3.50. The maximum absolute atomic E-state index is 6.26. The highest BCUT2D eigenvalue weighted by atomic mass is 16.5. The summed E-state index contributed by atoms with van der Waals surface area (Å²) in [5.41, 5.74) is 0. The van der Waals surface area contributed by atoms with Gasteiger partial charge < -0.3 is 15.0 Å². The molecule has 1 fully saturated rings. The second kappa shape index (κ2) is 7.34. The molecular weight excluding hydrogens is 212 g/mol. The lowest BCUT2D eigenvalue weighted by atomic mass is 10.0. The van der Waals surface area contributed by atoms with E-state index in [1.165, 1.54) is 25.9 Å². The minimum atomic E-state index is 0.353. The Morgan fingerprint density at radius 1 is 1.18 bits per heavy atom. The molecule has 3 heteroatoms. The Morgan fingerprint density at radius 3 is 2.24 bits per heavy atom. The Morgan fingerprint density at radius 2 is 1.76 bits per heavy atom. The van der Waals surface area contributed by atoms with E-state index in [0.717, 1.165) is 6.54 Å². The zero-order valence-electron chi connectivity index (χ0n) is 12.2. The van der Waals surface area contributed by atoms with E-state index in [0.29, 0.717) is 24.2 Å². The SMILES string of the molecule is CC(C)NCC(OC1CCN(C)CC1)C(C)C. The molecule has 0 bridgehead atoms. The molecule has 0 saturated carbocycles. The maximum atomic E-state index is 6.26. The molecule has 0 aromatic carbocycles. The van der Waals surface area contributed by atoms with Gasteiger partial charge in [-0.3, -0.25) is 0 Å². The third-order valence-corrected chi connectivity index (χ3v) is 3.50. The highest BCUT2D eigenvalue weighted by Crippen LogP contribution is 2.17. The van der Waals surface area contributed by atoms with Crippen LogP contribution < -0.4 is 5.32 Å². The summed E-state index contributed by atoms with van der Waals surface area (Å²) < 4.78 is 6.26. The molecule has 1 N–H and O–H groups in total. The Balaban J connectivity index is 2.33. The molecule has 1 aliphatic rings. The zero-order chi connectivity index (χ0) is 12.8. The summed E-state index contributed by atoms with van der Waals surface area (Å²) in [4.78, 5) is 2.39. The maximum Gasteiger partial charge on any atom is 0.0726 e. The van der Waals surface area contributed by atoms with Gasteiger partial charge in [0.05, 0.1) is 12.2 Å². The predicted octanol–water partition coefficient (Wildman–Crippen LogP) is 2.12. The fourth-order valence-electron chi connectivity index (χ4n) is 2.16. The Bertz CT molecular complexity index is 198. The van der Waals surface area contributed by atoms with Crippen LogP contribution in [0.2, 0.25) is 0 Å². The van der Waals surface area contributed by atoms with Gasteiger partial charge in [-0.15, -0.1) is 0 Å². The number of piperidine rings is 1. The number of hydrogen-bond acceptors (Lipinski definition) is 3. The summed E-state index contributed by atoms with van der Waals surface area (Å²) in [5.74, 6) is 0.584. The van der Waals surface area contributed by atoms with E-state index >= 15 is 0 Å². The van der Waals surface area contributed by atoms with Gasteiger partial charge >= 0.3 is 0 Å². The first-order chi connectivity index (χ1) is 7.99. The minimum absolute atomic E-state index is 0.353. The molecule has 1 atom stereocenters. The lowest BCUT2D eigenvalue weighted by Crippen LogP contribution is -2.42. The van der Waals surface area contributed by atoms with Gasteiger partial charge in [0.2, 0.25) is 0 Å². The van der Waals surface area contributed by atoms with E-state index in [4.69, 9.17) is 4.74 Å². The van der Waals surface area contributed by atoms with E-state index in [1.807, 2.05) is 0 Å². The standard InChI is InChI=1S/C14H30N2O/c1-11(2)14(10-15-12(3)4)17-13-6-8-16(5)9-7-13/h11-15H,6-10H2,1-5H3. The van der Waals surface area contributed by atoms with Gasteiger partial charge in [-0.1, -0.05) is 27.7 Å². The van der Waals surface area contributed by atoms with Crippen molar-refractivity contribution in [1.29, 1.82) is 0 Å². The van der Waals surface area contributed by atoms with Crippen LogP contribution in [0.3, 0.4) is 0 Å². The van der Waals surface area contributed by atoms with E-state index in [9.17, 15) is 0 Å². The van der Waals surface area contributed by atoms with Crippen LogP contribution in [-0.4, -0.2) is 49.8 Å². The monoisotopic (exact) mass is 242 g/mol. The van der Waals surface area contributed by atoms with Gasteiger partial charge in [-0.25, -0.2) is 0 Å². The summed E-state index contributed by atoms with van der Waals surface area (Å²) >= 11 is 0. The molecule has 1 heterocycles. The largest absolute Gasteiger partial charge is 0.373 e. The lowest BCUT2D eigenvalue weighted by Gasteiger charge is -2.33. The van der Waals surface area contributed by atoms with Crippen molar-refractivity contribution in [3.8, 4) is 0 Å². The Hall–Kier alpha value is -0.120. The number of ether oxygens (including phenoxy) is 1. The van der Waals surface area contributed by atoms with Crippen LogP contribution >= 0.6 is 0 Å². The molecule has 1 unspecified atom stereocenters. The van der Waals surface area contributed by atoms with E-state index in [1.54, 1.807) is 0 Å². The van der Waals surface area contributed by atoms with Crippen molar-refractivity contribution < 1.29 is 4.74 Å². The molecule has 0 radical (unpaired) electrons. The first-order valence-corrected chi connectivity index (χ1v) is 7.06. The molecule has 0 aromatic heterocycles. The molecule has 3 nitrogen and oxygen atoms in total. The summed E-state index contributed by atoms with van der Waals surface area (Å²) in [6.07, 6.45) is 3.18. The summed E-state index contributed by atoms with van der Waals surface area (Å²) in [6, 6.07) is 0.539. The van der Waals surface area contributed by atoms with Crippen LogP contribution in [0.4, 0.5) is 0 Å². The van der Waals surface area contributed by atoms with Gasteiger partial charge in [0, 0.05) is 25.7 Å². The van der Waals surface area contributed by atoms with Crippen molar-refractivity contribution in [2.75, 3.05) is 26.7 Å². The van der Waals surface area contributed by atoms with Gasteiger partial charge in [0.25, 0.3) is 0 Å². The van der Waals surface area contributed by atoms with Crippen LogP contribution in [0.1, 0.15) is 40.5 Å². The van der Waals surface area contributed by atoms with Gasteiger partial charge in [-0.2, -0.15) is 0 Å². The molecular formula is C14H30N2O. The summed E-state index contributed by atoms with van der Waals surface area (Å²) in [5, 5.41) is 3.49. The smallest absolute Gasteiger partial charge is 0.0726 e. The first kappa shape index (κ1) is 14.9. The molecule has 17 heavy (non-hydrogen) atoms. The average Bonchev–Trinajstić information content (AvgIpc) is 2.26. The van der Waals surface area contributed by atoms with Crippen molar-refractivity contribution in [3.05, 3.63) is 0 Å². The van der Waals surface area contributed by atoms with E-state index < -0.39 is 0 Å². The molecule has 0 amide bonds. The molecule has 0 aromatic rings. The Labute approximate surface area is 107 Å². The normalized spacial score (nSPS) is 21.4. The van der Waals surface area contributed by atoms with Crippen molar-refractivity contribution in [2.24, 2.45) is 5.92 Å². The molecule has 0 spiro atoms. The molecule has 102 valence electrons. The lowest BCUT2D eigenvalue weighted by molar-refractivity contribution is -0.0579. The second-order valence-electron chi connectivity index (χ2n) is 5.98. The molecule has 1 rings (SSSR count). The zero-order valence-corrected chi connectivity index (χ0v) is 12.2. The van der Waals surface area contributed by atoms with Crippen LogP contribution in [-0.2, 0) is 4.74 Å². The first-order valence-electron chi connectivity index (χ1n) is 7.06. The molecule has 0 aliphatic carbocycles. The quantitative estimate of drug-likeness (QED) is 0.772. The number of likely N-dealkylation sites (tertiary alicyclic amines) is 1. The van der Waals surface area contributed by atoms with Crippen molar-refractivity contribution >= 4 is 0 Å². The van der Waals surface area contributed by atoms with Gasteiger partial charge in [0.1, 0.15) is 0 Å². The number of rotatable bonds is 6. The van der Waals surface area contributed by atoms with E-state index in [-0.39, 0.29) is 0 Å². The highest BCUT2D eigenvalue weighted by molar-refractivity contribution is 4.75. The molecule has 1 saturated heterocycles. The van der Waals surface area contributed by atoms with Gasteiger partial charge in [0.15, 0.2) is 0 Å². The van der Waals surface area contributed by atoms with Crippen molar-refractivity contribution in [3.63, 3.8) is 0 Å². The Kier molecular flexibility index (Phi) is 6.45. The van der Waals surface area contributed by atoms with E-state index in [2.05, 4.69) is 45.0 Å². The summed E-state index contributed by atoms with van der Waals surface area (Å²) in [6.45, 7) is 12.2. The number of hydrogen-bond donors (Lipinski definition) is 1.